The van der Waals surface area contributed by atoms with Crippen molar-refractivity contribution in [2.75, 3.05) is 19.7 Å². The summed E-state index contributed by atoms with van der Waals surface area (Å²) in [6, 6.07) is 0.587. The van der Waals surface area contributed by atoms with Crippen LogP contribution in [-0.4, -0.2) is 36.6 Å². The number of ether oxygens (including phenoxy) is 1. The minimum absolute atomic E-state index is 0.105. The lowest BCUT2D eigenvalue weighted by Crippen LogP contribution is -2.17. The van der Waals surface area contributed by atoms with E-state index in [0.29, 0.717) is 19.2 Å². The van der Waals surface area contributed by atoms with E-state index in [4.69, 9.17) is 4.74 Å². The Balaban J connectivity index is 2.07. The minimum atomic E-state index is -0.105. The molecule has 3 nitrogen and oxygen atoms in total. The van der Waals surface area contributed by atoms with Crippen LogP contribution in [0.15, 0.2) is 0 Å². The quantitative estimate of drug-likeness (QED) is 0.419. The molecule has 1 aliphatic heterocycles. The highest BCUT2D eigenvalue weighted by Crippen LogP contribution is 2.14. The molecule has 1 saturated heterocycles. The van der Waals surface area contributed by atoms with Crippen molar-refractivity contribution in [1.29, 1.82) is 0 Å². The third-order valence-electron chi connectivity index (χ3n) is 1.63. The third kappa shape index (κ3) is 1.99. The Kier molecular flexibility index (Phi) is 2.27. The lowest BCUT2D eigenvalue weighted by Gasteiger charge is -2.00. The normalized spacial score (nSPS) is 29.8. The summed E-state index contributed by atoms with van der Waals surface area (Å²) in [7, 11) is 0. The zero-order chi connectivity index (χ0) is 7.56. The van der Waals surface area contributed by atoms with Crippen molar-refractivity contribution in [3.8, 4) is 0 Å². The number of carbonyl (C=O) groups excluding carboxylic acids is 1. The Morgan fingerprint density at radius 3 is 2.80 bits per heavy atom. The molecule has 0 aromatic heterocycles. The van der Waals surface area contributed by atoms with Crippen LogP contribution in [0.4, 0.5) is 0 Å². The van der Waals surface area contributed by atoms with Crippen LogP contribution in [-0.2, 0) is 9.53 Å². The zero-order valence-electron chi connectivity index (χ0n) is 6.46. The van der Waals surface area contributed by atoms with Crippen LogP contribution in [0.2, 0.25) is 0 Å². The Morgan fingerprint density at radius 1 is 1.80 bits per heavy atom. The molecule has 0 aromatic carbocycles. The fourth-order valence-electron chi connectivity index (χ4n) is 0.885. The first-order valence-electron chi connectivity index (χ1n) is 3.63. The Labute approximate surface area is 61.0 Å². The fraction of sp³-hybridized carbons (Fsp3) is 0.857. The molecule has 1 heterocycles. The van der Waals surface area contributed by atoms with Crippen molar-refractivity contribution in [1.82, 2.24) is 4.90 Å². The molecule has 1 rings (SSSR count). The monoisotopic (exact) mass is 143 g/mol. The average molecular weight is 143 g/mol. The van der Waals surface area contributed by atoms with E-state index in [2.05, 4.69) is 11.8 Å². The van der Waals surface area contributed by atoms with Crippen molar-refractivity contribution in [2.24, 2.45) is 0 Å². The summed E-state index contributed by atoms with van der Waals surface area (Å²) in [4.78, 5) is 12.8. The number of hydrogen-bond donors (Lipinski definition) is 0. The van der Waals surface area contributed by atoms with E-state index in [1.54, 1.807) is 0 Å². The molecule has 0 bridgehead atoms. The van der Waals surface area contributed by atoms with Gasteiger partial charge < -0.3 is 4.74 Å². The van der Waals surface area contributed by atoms with Crippen LogP contribution >= 0.6 is 0 Å². The highest BCUT2D eigenvalue weighted by Gasteiger charge is 2.30. The molecule has 0 radical (unpaired) electrons. The lowest BCUT2D eigenvalue weighted by atomic mass is 10.5. The summed E-state index contributed by atoms with van der Waals surface area (Å²) in [5, 5.41) is 0. The van der Waals surface area contributed by atoms with Crippen molar-refractivity contribution < 1.29 is 9.53 Å². The molecule has 0 N–H and O–H groups in total. The minimum Gasteiger partial charge on any atom is -0.465 e. The SMILES string of the molecule is CCOC(=O)CN1C[C@H]1C. The highest BCUT2D eigenvalue weighted by molar-refractivity contribution is 5.72. The van der Waals surface area contributed by atoms with E-state index in [0.717, 1.165) is 6.54 Å². The molecule has 0 saturated carbocycles. The van der Waals surface area contributed by atoms with E-state index in [9.17, 15) is 4.79 Å². The largest absolute Gasteiger partial charge is 0.465 e. The Morgan fingerprint density at radius 2 is 2.40 bits per heavy atom. The molecule has 3 heteroatoms. The smallest absolute Gasteiger partial charge is 0.320 e. The van der Waals surface area contributed by atoms with Gasteiger partial charge in [0, 0.05) is 12.6 Å². The second-order valence-electron chi connectivity index (χ2n) is 2.58. The predicted octanol–water partition coefficient (Wildman–Crippen LogP) is 0.254. The van der Waals surface area contributed by atoms with E-state index >= 15 is 0 Å². The molecule has 1 aliphatic rings. The topological polar surface area (TPSA) is 29.3 Å². The number of esters is 1. The average Bonchev–Trinajstić information content (AvgIpc) is 2.47. The molecule has 2 atom stereocenters. The van der Waals surface area contributed by atoms with E-state index in [1.807, 2.05) is 6.92 Å². The van der Waals surface area contributed by atoms with Gasteiger partial charge in [-0.05, 0) is 13.8 Å². The van der Waals surface area contributed by atoms with Gasteiger partial charge in [-0.25, -0.2) is 0 Å². The molecule has 0 amide bonds. The van der Waals surface area contributed by atoms with Gasteiger partial charge in [0.25, 0.3) is 0 Å². The van der Waals surface area contributed by atoms with Gasteiger partial charge in [0.15, 0.2) is 0 Å². The van der Waals surface area contributed by atoms with Crippen LogP contribution in [0.25, 0.3) is 0 Å². The molecule has 0 aromatic rings. The molecule has 1 fully saturated rings. The van der Waals surface area contributed by atoms with Gasteiger partial charge in [-0.2, -0.15) is 0 Å². The van der Waals surface area contributed by atoms with Gasteiger partial charge in [0.2, 0.25) is 0 Å². The van der Waals surface area contributed by atoms with E-state index < -0.39 is 0 Å². The number of rotatable bonds is 3. The number of nitrogens with zero attached hydrogens (tertiary/aromatic N) is 1. The fourth-order valence-corrected chi connectivity index (χ4v) is 0.885. The summed E-state index contributed by atoms with van der Waals surface area (Å²) in [5.41, 5.74) is 0. The third-order valence-corrected chi connectivity index (χ3v) is 1.63. The summed E-state index contributed by atoms with van der Waals surface area (Å²) in [5.74, 6) is -0.105. The highest BCUT2D eigenvalue weighted by atomic mass is 16.5. The Bertz CT molecular complexity index is 136. The van der Waals surface area contributed by atoms with Gasteiger partial charge in [-0.1, -0.05) is 0 Å². The van der Waals surface area contributed by atoms with Gasteiger partial charge in [-0.15, -0.1) is 0 Å². The maximum Gasteiger partial charge on any atom is 0.320 e. The molecular weight excluding hydrogens is 130 g/mol. The summed E-state index contributed by atoms with van der Waals surface area (Å²) in [6.45, 7) is 5.91. The second kappa shape index (κ2) is 3.01. The molecule has 58 valence electrons. The first-order chi connectivity index (χ1) is 4.74. The van der Waals surface area contributed by atoms with Crippen LogP contribution in [0.5, 0.6) is 0 Å². The standard InChI is InChI=1S/C7H13NO2/c1-3-10-7(9)5-8-4-6(8)2/h6H,3-5H2,1-2H3/t6-,8?/m1/s1. The van der Waals surface area contributed by atoms with Gasteiger partial charge in [0.05, 0.1) is 13.2 Å². The van der Waals surface area contributed by atoms with Gasteiger partial charge >= 0.3 is 5.97 Å². The van der Waals surface area contributed by atoms with E-state index in [1.165, 1.54) is 0 Å². The van der Waals surface area contributed by atoms with Gasteiger partial charge in [0.1, 0.15) is 0 Å². The van der Waals surface area contributed by atoms with Crippen LogP contribution in [0, 0.1) is 0 Å². The first-order valence-corrected chi connectivity index (χ1v) is 3.63. The molecule has 1 unspecified atom stereocenters. The molecule has 0 spiro atoms. The van der Waals surface area contributed by atoms with Crippen LogP contribution in [0.3, 0.4) is 0 Å². The summed E-state index contributed by atoms with van der Waals surface area (Å²) in [6.07, 6.45) is 0. The van der Waals surface area contributed by atoms with Crippen molar-refractivity contribution in [3.63, 3.8) is 0 Å². The van der Waals surface area contributed by atoms with Crippen molar-refractivity contribution >= 4 is 5.97 Å². The predicted molar refractivity (Wildman–Crippen MR) is 37.7 cm³/mol. The molecule has 0 aliphatic carbocycles. The van der Waals surface area contributed by atoms with Crippen molar-refractivity contribution in [2.45, 2.75) is 19.9 Å². The number of hydrogen-bond acceptors (Lipinski definition) is 3. The van der Waals surface area contributed by atoms with Crippen LogP contribution < -0.4 is 0 Å². The maximum atomic E-state index is 10.8. The lowest BCUT2D eigenvalue weighted by molar-refractivity contribution is -0.143. The molecule has 10 heavy (non-hydrogen) atoms. The van der Waals surface area contributed by atoms with Crippen LogP contribution in [0.1, 0.15) is 13.8 Å². The Hall–Kier alpha value is -0.570. The maximum absolute atomic E-state index is 10.8. The number of carbonyl (C=O) groups is 1. The zero-order valence-corrected chi connectivity index (χ0v) is 6.46. The summed E-state index contributed by atoms with van der Waals surface area (Å²) >= 11 is 0. The van der Waals surface area contributed by atoms with E-state index in [-0.39, 0.29) is 5.97 Å². The first kappa shape index (κ1) is 7.54. The molecular formula is C7H13NO2. The summed E-state index contributed by atoms with van der Waals surface area (Å²) < 4.78 is 4.76. The van der Waals surface area contributed by atoms with Gasteiger partial charge in [-0.3, -0.25) is 9.69 Å². The second-order valence-corrected chi connectivity index (χ2v) is 2.58. The van der Waals surface area contributed by atoms with Crippen molar-refractivity contribution in [3.05, 3.63) is 0 Å².